The Labute approximate surface area is 152 Å². The van der Waals surface area contributed by atoms with Crippen molar-refractivity contribution in [1.82, 2.24) is 24.5 Å². The zero-order chi connectivity index (χ0) is 17.9. The molecule has 0 spiro atoms. The minimum atomic E-state index is 0.334. The third kappa shape index (κ3) is 3.51. The van der Waals surface area contributed by atoms with E-state index in [1.807, 2.05) is 37.6 Å². The van der Waals surface area contributed by atoms with Crippen LogP contribution in [-0.2, 0) is 6.54 Å². The average molecular weight is 349 g/mol. The summed E-state index contributed by atoms with van der Waals surface area (Å²) in [4.78, 5) is 19.8. The van der Waals surface area contributed by atoms with E-state index < -0.39 is 0 Å². The lowest BCUT2D eigenvalue weighted by atomic mass is 9.97. The van der Waals surface area contributed by atoms with Gasteiger partial charge in [-0.05, 0) is 31.4 Å². The molecule has 1 saturated heterocycles. The molecule has 3 aromatic heterocycles. The summed E-state index contributed by atoms with van der Waals surface area (Å²) < 4.78 is 2.23. The van der Waals surface area contributed by atoms with Gasteiger partial charge in [-0.1, -0.05) is 6.07 Å². The largest absolute Gasteiger partial charge is 0.368 e. The average Bonchev–Trinajstić information content (AvgIpc) is 3.10. The third-order valence-electron chi connectivity index (χ3n) is 4.79. The van der Waals surface area contributed by atoms with Crippen molar-refractivity contribution in [3.8, 4) is 0 Å². The SMILES string of the molecule is Cc1cc(N2CCCC(c3nccn3Cc3cccnc3)C2)nc(N)n1. The molecule has 2 N–H and O–H groups in total. The molecule has 26 heavy (non-hydrogen) atoms. The maximum absolute atomic E-state index is 5.83. The highest BCUT2D eigenvalue weighted by molar-refractivity contribution is 5.44. The van der Waals surface area contributed by atoms with Crippen LogP contribution in [0.5, 0.6) is 0 Å². The fourth-order valence-electron chi connectivity index (χ4n) is 3.64. The van der Waals surface area contributed by atoms with Crippen LogP contribution in [0, 0.1) is 6.92 Å². The summed E-state index contributed by atoms with van der Waals surface area (Å²) in [6, 6.07) is 6.06. The molecule has 4 rings (SSSR count). The molecule has 0 aliphatic carbocycles. The van der Waals surface area contributed by atoms with Crippen LogP contribution in [0.4, 0.5) is 11.8 Å². The molecule has 134 valence electrons. The predicted molar refractivity (Wildman–Crippen MR) is 101 cm³/mol. The third-order valence-corrected chi connectivity index (χ3v) is 4.79. The van der Waals surface area contributed by atoms with Gasteiger partial charge in [0.05, 0.1) is 6.54 Å². The Morgan fingerprint density at radius 1 is 1.27 bits per heavy atom. The molecule has 1 aliphatic rings. The van der Waals surface area contributed by atoms with Gasteiger partial charge in [-0.2, -0.15) is 4.98 Å². The molecule has 1 atom stereocenters. The molecule has 7 heteroatoms. The summed E-state index contributed by atoms with van der Waals surface area (Å²) >= 11 is 0. The summed E-state index contributed by atoms with van der Waals surface area (Å²) in [5.41, 5.74) is 7.91. The van der Waals surface area contributed by atoms with E-state index in [9.17, 15) is 0 Å². The second-order valence-electron chi connectivity index (χ2n) is 6.79. The van der Waals surface area contributed by atoms with Crippen LogP contribution >= 0.6 is 0 Å². The normalized spacial score (nSPS) is 17.4. The van der Waals surface area contributed by atoms with E-state index in [1.165, 1.54) is 5.56 Å². The van der Waals surface area contributed by atoms with Crippen LogP contribution in [0.25, 0.3) is 0 Å². The van der Waals surface area contributed by atoms with Gasteiger partial charge < -0.3 is 15.2 Å². The highest BCUT2D eigenvalue weighted by Gasteiger charge is 2.26. The van der Waals surface area contributed by atoms with E-state index in [1.54, 1.807) is 6.20 Å². The van der Waals surface area contributed by atoms with Gasteiger partial charge in [0.15, 0.2) is 0 Å². The number of imidazole rings is 1. The highest BCUT2D eigenvalue weighted by atomic mass is 15.2. The van der Waals surface area contributed by atoms with Crippen LogP contribution in [0.15, 0.2) is 43.0 Å². The number of nitrogen functional groups attached to an aromatic ring is 1. The van der Waals surface area contributed by atoms with E-state index in [2.05, 4.69) is 35.5 Å². The zero-order valence-electron chi connectivity index (χ0n) is 14.9. The molecular weight excluding hydrogens is 326 g/mol. The van der Waals surface area contributed by atoms with E-state index in [4.69, 9.17) is 5.73 Å². The first-order valence-electron chi connectivity index (χ1n) is 8.95. The predicted octanol–water partition coefficient (Wildman–Crippen LogP) is 2.39. The molecule has 1 fully saturated rings. The van der Waals surface area contributed by atoms with Gasteiger partial charge in [-0.25, -0.2) is 9.97 Å². The van der Waals surface area contributed by atoms with Crippen LogP contribution in [0.1, 0.15) is 35.8 Å². The topological polar surface area (TPSA) is 85.8 Å². The number of hydrogen-bond acceptors (Lipinski definition) is 6. The van der Waals surface area contributed by atoms with Gasteiger partial charge in [-0.3, -0.25) is 4.98 Å². The minimum absolute atomic E-state index is 0.334. The standard InChI is InChI=1S/C19H23N7/c1-14-10-17(24-19(20)23-14)25-8-3-5-16(13-25)18-22-7-9-26(18)12-15-4-2-6-21-11-15/h2,4,6-7,9-11,16H,3,5,8,12-13H2,1H3,(H2,20,23,24). The molecule has 1 aliphatic heterocycles. The van der Waals surface area contributed by atoms with Crippen molar-refractivity contribution in [2.24, 2.45) is 0 Å². The number of nitrogens with zero attached hydrogens (tertiary/aromatic N) is 6. The smallest absolute Gasteiger partial charge is 0.222 e. The van der Waals surface area contributed by atoms with Crippen molar-refractivity contribution in [3.63, 3.8) is 0 Å². The maximum Gasteiger partial charge on any atom is 0.222 e. The van der Waals surface area contributed by atoms with Crippen molar-refractivity contribution >= 4 is 11.8 Å². The van der Waals surface area contributed by atoms with Gasteiger partial charge in [0.2, 0.25) is 5.95 Å². The summed E-state index contributed by atoms with van der Waals surface area (Å²) in [7, 11) is 0. The Hall–Kier alpha value is -2.96. The van der Waals surface area contributed by atoms with Crippen LogP contribution in [0.2, 0.25) is 0 Å². The molecule has 0 radical (unpaired) electrons. The molecule has 3 aromatic rings. The van der Waals surface area contributed by atoms with E-state index in [0.717, 1.165) is 49.8 Å². The Morgan fingerprint density at radius 3 is 3.00 bits per heavy atom. The summed E-state index contributed by atoms with van der Waals surface area (Å²) in [5, 5.41) is 0. The van der Waals surface area contributed by atoms with E-state index >= 15 is 0 Å². The molecule has 4 heterocycles. The fraction of sp³-hybridized carbons (Fsp3) is 0.368. The lowest BCUT2D eigenvalue weighted by Gasteiger charge is -2.33. The summed E-state index contributed by atoms with van der Waals surface area (Å²) in [6.07, 6.45) is 9.87. The van der Waals surface area contributed by atoms with Crippen LogP contribution in [-0.4, -0.2) is 37.6 Å². The van der Waals surface area contributed by atoms with Gasteiger partial charge >= 0.3 is 0 Å². The number of aryl methyl sites for hydroxylation is 1. The van der Waals surface area contributed by atoms with Crippen molar-refractivity contribution in [2.75, 3.05) is 23.7 Å². The van der Waals surface area contributed by atoms with Gasteiger partial charge in [-0.15, -0.1) is 0 Å². The van der Waals surface area contributed by atoms with Gasteiger partial charge in [0, 0.05) is 55.6 Å². The van der Waals surface area contributed by atoms with E-state index in [-0.39, 0.29) is 0 Å². The van der Waals surface area contributed by atoms with Crippen molar-refractivity contribution in [2.45, 2.75) is 32.2 Å². The quantitative estimate of drug-likeness (QED) is 0.778. The van der Waals surface area contributed by atoms with Crippen molar-refractivity contribution in [1.29, 1.82) is 0 Å². The number of hydrogen-bond donors (Lipinski definition) is 1. The first-order chi connectivity index (χ1) is 12.7. The maximum atomic E-state index is 5.83. The molecule has 0 amide bonds. The Kier molecular flexibility index (Phi) is 4.51. The second-order valence-corrected chi connectivity index (χ2v) is 6.79. The first-order valence-corrected chi connectivity index (χ1v) is 8.95. The van der Waals surface area contributed by atoms with Gasteiger partial charge in [0.25, 0.3) is 0 Å². The number of anilines is 2. The number of piperidine rings is 1. The van der Waals surface area contributed by atoms with Crippen LogP contribution in [0.3, 0.4) is 0 Å². The number of rotatable bonds is 4. The Morgan fingerprint density at radius 2 is 2.19 bits per heavy atom. The van der Waals surface area contributed by atoms with Gasteiger partial charge in [0.1, 0.15) is 11.6 Å². The Balaban J connectivity index is 1.54. The van der Waals surface area contributed by atoms with Crippen molar-refractivity contribution in [3.05, 3.63) is 60.1 Å². The number of aromatic nitrogens is 5. The monoisotopic (exact) mass is 349 g/mol. The highest BCUT2D eigenvalue weighted by Crippen LogP contribution is 2.29. The van der Waals surface area contributed by atoms with E-state index in [0.29, 0.717) is 11.9 Å². The molecular formula is C19H23N7. The fourth-order valence-corrected chi connectivity index (χ4v) is 3.64. The minimum Gasteiger partial charge on any atom is -0.368 e. The lowest BCUT2D eigenvalue weighted by Crippen LogP contribution is -2.36. The molecule has 0 bridgehead atoms. The molecule has 1 unspecified atom stereocenters. The number of pyridine rings is 1. The molecule has 0 aromatic carbocycles. The zero-order valence-corrected chi connectivity index (χ0v) is 14.9. The summed E-state index contributed by atoms with van der Waals surface area (Å²) in [5.74, 6) is 2.73. The number of nitrogens with two attached hydrogens (primary N) is 1. The first kappa shape index (κ1) is 16.5. The van der Waals surface area contributed by atoms with Crippen molar-refractivity contribution < 1.29 is 0 Å². The van der Waals surface area contributed by atoms with Crippen LogP contribution < -0.4 is 10.6 Å². The molecule has 7 nitrogen and oxygen atoms in total. The lowest BCUT2D eigenvalue weighted by molar-refractivity contribution is 0.474. The summed E-state index contributed by atoms with van der Waals surface area (Å²) in [6.45, 7) is 4.61. The second kappa shape index (κ2) is 7.11. The Bertz CT molecular complexity index is 854. The molecule has 0 saturated carbocycles.